The Bertz CT molecular complexity index is 485. The molecular weight excluding hydrogens is 266 g/mol. The van der Waals surface area contributed by atoms with Gasteiger partial charge in [-0.3, -0.25) is 10.1 Å². The molecule has 4 heteroatoms. The van der Waals surface area contributed by atoms with Crippen LogP contribution < -0.4 is 10.1 Å². The van der Waals surface area contributed by atoms with Crippen LogP contribution in [-0.4, -0.2) is 29.8 Å². The van der Waals surface area contributed by atoms with Gasteiger partial charge in [-0.1, -0.05) is 26.0 Å². The molecule has 1 fully saturated rings. The Balaban J connectivity index is 2.09. The number of rotatable bonds is 9. The predicted molar refractivity (Wildman–Crippen MR) is 82.7 cm³/mol. The third kappa shape index (κ3) is 3.76. The van der Waals surface area contributed by atoms with E-state index in [2.05, 4.69) is 12.2 Å². The molecule has 2 N–H and O–H groups in total. The summed E-state index contributed by atoms with van der Waals surface area (Å²) in [5, 5.41) is 12.9. The van der Waals surface area contributed by atoms with Crippen molar-refractivity contribution in [2.45, 2.75) is 45.1 Å². The molecular formula is C17H25NO3. The summed E-state index contributed by atoms with van der Waals surface area (Å²) in [5.74, 6) is 0.125. The van der Waals surface area contributed by atoms with Crippen molar-refractivity contribution in [3.8, 4) is 5.75 Å². The molecule has 1 atom stereocenters. The van der Waals surface area contributed by atoms with E-state index in [1.165, 1.54) is 5.56 Å². The van der Waals surface area contributed by atoms with Crippen LogP contribution in [0.4, 0.5) is 0 Å². The lowest BCUT2D eigenvalue weighted by Gasteiger charge is -2.30. The SMILES string of the molecule is CCCNC(COc1cccc(CC)c1)(C(=O)O)C1CC1. The van der Waals surface area contributed by atoms with Gasteiger partial charge in [-0.05, 0) is 55.8 Å². The molecule has 0 radical (unpaired) electrons. The molecule has 0 aromatic heterocycles. The summed E-state index contributed by atoms with van der Waals surface area (Å²) in [6.45, 7) is 5.01. The molecule has 21 heavy (non-hydrogen) atoms. The number of hydrogen-bond acceptors (Lipinski definition) is 3. The number of aryl methyl sites for hydroxylation is 1. The highest BCUT2D eigenvalue weighted by Crippen LogP contribution is 2.40. The average Bonchev–Trinajstić information content (AvgIpc) is 3.32. The highest BCUT2D eigenvalue weighted by atomic mass is 16.5. The maximum absolute atomic E-state index is 11.8. The Morgan fingerprint density at radius 3 is 2.76 bits per heavy atom. The van der Waals surface area contributed by atoms with E-state index in [0.717, 1.165) is 31.4 Å². The zero-order valence-electron chi connectivity index (χ0n) is 12.9. The molecule has 1 aromatic rings. The standard InChI is InChI=1S/C17H25NO3/c1-3-10-18-17(16(19)20,14-8-9-14)12-21-15-7-5-6-13(4-2)11-15/h5-7,11,14,18H,3-4,8-10,12H2,1-2H3,(H,19,20). The van der Waals surface area contributed by atoms with Crippen molar-refractivity contribution in [3.05, 3.63) is 29.8 Å². The second-order valence-electron chi connectivity index (χ2n) is 5.77. The van der Waals surface area contributed by atoms with Crippen LogP contribution in [0.5, 0.6) is 5.75 Å². The number of nitrogens with one attached hydrogen (secondary N) is 1. The molecule has 1 aliphatic rings. The van der Waals surface area contributed by atoms with Crippen LogP contribution in [0.25, 0.3) is 0 Å². The molecule has 1 aliphatic carbocycles. The number of carbonyl (C=O) groups is 1. The summed E-state index contributed by atoms with van der Waals surface area (Å²) in [7, 11) is 0. The van der Waals surface area contributed by atoms with E-state index in [4.69, 9.17) is 4.74 Å². The second kappa shape index (κ2) is 6.94. The molecule has 0 bridgehead atoms. The van der Waals surface area contributed by atoms with Crippen molar-refractivity contribution >= 4 is 5.97 Å². The first-order valence-corrected chi connectivity index (χ1v) is 7.82. The lowest BCUT2D eigenvalue weighted by atomic mass is 9.94. The Morgan fingerprint density at radius 1 is 1.43 bits per heavy atom. The molecule has 0 aliphatic heterocycles. The van der Waals surface area contributed by atoms with Gasteiger partial charge >= 0.3 is 5.97 Å². The predicted octanol–water partition coefficient (Wildman–Crippen LogP) is 2.86. The Labute approximate surface area is 126 Å². The summed E-state index contributed by atoms with van der Waals surface area (Å²) >= 11 is 0. The first kappa shape index (κ1) is 15.8. The largest absolute Gasteiger partial charge is 0.491 e. The van der Waals surface area contributed by atoms with E-state index in [1.54, 1.807) is 0 Å². The van der Waals surface area contributed by atoms with Gasteiger partial charge in [-0.15, -0.1) is 0 Å². The van der Waals surface area contributed by atoms with Crippen molar-refractivity contribution in [2.75, 3.05) is 13.2 Å². The molecule has 0 amide bonds. The van der Waals surface area contributed by atoms with Gasteiger partial charge in [0.15, 0.2) is 5.54 Å². The van der Waals surface area contributed by atoms with E-state index in [9.17, 15) is 9.90 Å². The molecule has 116 valence electrons. The summed E-state index contributed by atoms with van der Waals surface area (Å²) in [5.41, 5.74) is 0.250. The van der Waals surface area contributed by atoms with Gasteiger partial charge in [-0.2, -0.15) is 0 Å². The van der Waals surface area contributed by atoms with Crippen LogP contribution >= 0.6 is 0 Å². The van der Waals surface area contributed by atoms with Gasteiger partial charge in [0.2, 0.25) is 0 Å². The van der Waals surface area contributed by atoms with Crippen LogP contribution in [-0.2, 0) is 11.2 Å². The Kier molecular flexibility index (Phi) is 5.23. The monoisotopic (exact) mass is 291 g/mol. The first-order valence-electron chi connectivity index (χ1n) is 7.82. The van der Waals surface area contributed by atoms with Crippen LogP contribution in [0.15, 0.2) is 24.3 Å². The minimum Gasteiger partial charge on any atom is -0.491 e. The topological polar surface area (TPSA) is 58.6 Å². The highest BCUT2D eigenvalue weighted by molar-refractivity contribution is 5.80. The van der Waals surface area contributed by atoms with E-state index < -0.39 is 11.5 Å². The molecule has 0 spiro atoms. The zero-order chi connectivity index (χ0) is 15.3. The number of hydrogen-bond donors (Lipinski definition) is 2. The molecule has 0 heterocycles. The smallest absolute Gasteiger partial charge is 0.327 e. The van der Waals surface area contributed by atoms with Gasteiger partial charge in [0, 0.05) is 0 Å². The number of ether oxygens (including phenoxy) is 1. The van der Waals surface area contributed by atoms with Crippen LogP contribution in [0.1, 0.15) is 38.7 Å². The molecule has 4 nitrogen and oxygen atoms in total. The van der Waals surface area contributed by atoms with E-state index in [0.29, 0.717) is 6.54 Å². The van der Waals surface area contributed by atoms with E-state index in [-0.39, 0.29) is 12.5 Å². The molecule has 1 unspecified atom stereocenters. The van der Waals surface area contributed by atoms with Crippen molar-refractivity contribution in [2.24, 2.45) is 5.92 Å². The average molecular weight is 291 g/mol. The quantitative estimate of drug-likeness (QED) is 0.734. The van der Waals surface area contributed by atoms with E-state index in [1.807, 2.05) is 31.2 Å². The van der Waals surface area contributed by atoms with Crippen LogP contribution in [0.3, 0.4) is 0 Å². The summed E-state index contributed by atoms with van der Waals surface area (Å²) in [6, 6.07) is 7.87. The van der Waals surface area contributed by atoms with Gasteiger partial charge in [0.1, 0.15) is 12.4 Å². The summed E-state index contributed by atoms with van der Waals surface area (Å²) in [6.07, 6.45) is 3.77. The molecule has 1 aromatic carbocycles. The summed E-state index contributed by atoms with van der Waals surface area (Å²) < 4.78 is 5.83. The normalized spacial score (nSPS) is 17.2. The first-order chi connectivity index (χ1) is 10.1. The van der Waals surface area contributed by atoms with Crippen molar-refractivity contribution in [3.63, 3.8) is 0 Å². The minimum absolute atomic E-state index is 0.177. The van der Waals surface area contributed by atoms with Crippen molar-refractivity contribution in [1.82, 2.24) is 5.32 Å². The number of carboxylic acids is 1. The van der Waals surface area contributed by atoms with E-state index >= 15 is 0 Å². The lowest BCUT2D eigenvalue weighted by molar-refractivity contribution is -0.147. The van der Waals surface area contributed by atoms with Gasteiger partial charge in [0.25, 0.3) is 0 Å². The molecule has 2 rings (SSSR count). The van der Waals surface area contributed by atoms with Gasteiger partial charge in [0.05, 0.1) is 0 Å². The maximum atomic E-state index is 11.8. The van der Waals surface area contributed by atoms with Crippen LogP contribution in [0.2, 0.25) is 0 Å². The minimum atomic E-state index is -0.946. The van der Waals surface area contributed by atoms with Gasteiger partial charge < -0.3 is 9.84 Å². The molecule has 1 saturated carbocycles. The third-order valence-corrected chi connectivity index (χ3v) is 4.12. The van der Waals surface area contributed by atoms with Crippen molar-refractivity contribution in [1.29, 1.82) is 0 Å². The lowest BCUT2D eigenvalue weighted by Crippen LogP contribution is -2.58. The summed E-state index contributed by atoms with van der Waals surface area (Å²) in [4.78, 5) is 11.8. The highest BCUT2D eigenvalue weighted by Gasteiger charge is 2.51. The second-order valence-corrected chi connectivity index (χ2v) is 5.77. The third-order valence-electron chi connectivity index (χ3n) is 4.12. The zero-order valence-corrected chi connectivity index (χ0v) is 12.9. The molecule has 0 saturated heterocycles. The maximum Gasteiger partial charge on any atom is 0.327 e. The fraction of sp³-hybridized carbons (Fsp3) is 0.588. The van der Waals surface area contributed by atoms with Gasteiger partial charge in [-0.25, -0.2) is 0 Å². The van der Waals surface area contributed by atoms with Crippen molar-refractivity contribution < 1.29 is 14.6 Å². The Morgan fingerprint density at radius 2 is 2.19 bits per heavy atom. The number of aliphatic carboxylic acids is 1. The van der Waals surface area contributed by atoms with Crippen LogP contribution in [0, 0.1) is 5.92 Å². The fourth-order valence-corrected chi connectivity index (χ4v) is 2.60. The number of benzene rings is 1. The Hall–Kier alpha value is -1.55. The fourth-order valence-electron chi connectivity index (χ4n) is 2.60. The number of carboxylic acid groups (broad SMARTS) is 1.